The molecule has 3 atom stereocenters. The van der Waals surface area contributed by atoms with Crippen LogP contribution in [-0.4, -0.2) is 11.6 Å². The van der Waals surface area contributed by atoms with Gasteiger partial charge in [0.15, 0.2) is 0 Å². The van der Waals surface area contributed by atoms with Gasteiger partial charge in [0.1, 0.15) is 17.1 Å². The molecule has 1 saturated carbocycles. The van der Waals surface area contributed by atoms with Gasteiger partial charge in [0.2, 0.25) is 0 Å². The summed E-state index contributed by atoms with van der Waals surface area (Å²) in [5.41, 5.74) is 2.27. The van der Waals surface area contributed by atoms with E-state index in [0.717, 1.165) is 42.7 Å². The minimum Gasteiger partial charge on any atom is -0.487 e. The number of fused-ring (bicyclic) bond motifs is 4. The van der Waals surface area contributed by atoms with Gasteiger partial charge < -0.3 is 9.47 Å². The smallest absolute Gasteiger partial charge is 0.308 e. The first-order valence-electron chi connectivity index (χ1n) is 10.4. The Morgan fingerprint density at radius 1 is 1.35 bits per heavy atom. The summed E-state index contributed by atoms with van der Waals surface area (Å²) in [6.07, 6.45) is 7.89. The molecule has 144 valence electrons. The topological polar surface area (TPSA) is 35.5 Å². The molecule has 3 heteroatoms. The highest BCUT2D eigenvalue weighted by molar-refractivity contribution is 5.71. The van der Waals surface area contributed by atoms with Crippen LogP contribution in [0.5, 0.6) is 11.5 Å². The SMILES string of the molecule is CCCCCc1cc(OC(C)=O)c2c(c1)OC1(C)CCC(C(C)C)C2C1. The Labute approximate surface area is 158 Å². The van der Waals surface area contributed by atoms with Crippen LogP contribution in [0.1, 0.15) is 90.2 Å². The van der Waals surface area contributed by atoms with E-state index in [1.165, 1.54) is 31.7 Å². The van der Waals surface area contributed by atoms with Gasteiger partial charge in [-0.05, 0) is 74.5 Å². The molecule has 1 aliphatic heterocycles. The lowest BCUT2D eigenvalue weighted by Crippen LogP contribution is -2.45. The van der Waals surface area contributed by atoms with E-state index in [-0.39, 0.29) is 11.6 Å². The zero-order valence-corrected chi connectivity index (χ0v) is 17.1. The fraction of sp³-hybridized carbons (Fsp3) is 0.696. The average Bonchev–Trinajstić information content (AvgIpc) is 2.53. The maximum atomic E-state index is 11.8. The number of carbonyl (C=O) groups is 1. The maximum absolute atomic E-state index is 11.8. The summed E-state index contributed by atoms with van der Waals surface area (Å²) in [7, 11) is 0. The van der Waals surface area contributed by atoms with E-state index in [4.69, 9.17) is 9.47 Å². The Bertz CT molecular complexity index is 664. The van der Waals surface area contributed by atoms with Crippen molar-refractivity contribution in [3.63, 3.8) is 0 Å². The van der Waals surface area contributed by atoms with E-state index in [1.54, 1.807) is 0 Å². The summed E-state index contributed by atoms with van der Waals surface area (Å²) in [6, 6.07) is 4.30. The average molecular weight is 359 g/mol. The van der Waals surface area contributed by atoms with Gasteiger partial charge in [-0.15, -0.1) is 0 Å². The first-order chi connectivity index (χ1) is 12.3. The molecule has 1 heterocycles. The number of ether oxygens (including phenoxy) is 2. The number of unbranched alkanes of at least 4 members (excludes halogenated alkanes) is 2. The monoisotopic (exact) mass is 358 g/mol. The van der Waals surface area contributed by atoms with E-state index in [1.807, 2.05) is 0 Å². The summed E-state index contributed by atoms with van der Waals surface area (Å²) in [5.74, 6) is 3.09. The van der Waals surface area contributed by atoms with Crippen LogP contribution in [0.3, 0.4) is 0 Å². The molecule has 3 rings (SSSR count). The van der Waals surface area contributed by atoms with E-state index in [0.29, 0.717) is 17.8 Å². The summed E-state index contributed by atoms with van der Waals surface area (Å²) < 4.78 is 12.2. The molecule has 3 unspecified atom stereocenters. The molecule has 1 aromatic carbocycles. The zero-order chi connectivity index (χ0) is 18.9. The third-order valence-electron chi connectivity index (χ3n) is 6.25. The third kappa shape index (κ3) is 3.92. The van der Waals surface area contributed by atoms with E-state index >= 15 is 0 Å². The standard InChI is InChI=1S/C23H34O3/c1-6-7-8-9-17-12-20(25-16(4)24)22-19-14-23(5,26-21(22)13-17)11-10-18(19)15(2)3/h12-13,15,18-19H,6-11,14H2,1-5H3. The summed E-state index contributed by atoms with van der Waals surface area (Å²) in [4.78, 5) is 11.8. The Hall–Kier alpha value is -1.51. The molecule has 0 aromatic heterocycles. The molecule has 26 heavy (non-hydrogen) atoms. The maximum Gasteiger partial charge on any atom is 0.308 e. The van der Waals surface area contributed by atoms with Crippen LogP contribution in [0.15, 0.2) is 12.1 Å². The van der Waals surface area contributed by atoms with Crippen molar-refractivity contribution in [1.29, 1.82) is 0 Å². The molecule has 1 aromatic rings. The van der Waals surface area contributed by atoms with Crippen molar-refractivity contribution < 1.29 is 14.3 Å². The highest BCUT2D eigenvalue weighted by Gasteiger charge is 2.47. The van der Waals surface area contributed by atoms with Crippen LogP contribution in [0.2, 0.25) is 0 Å². The summed E-state index contributed by atoms with van der Waals surface area (Å²) in [6.45, 7) is 10.6. The highest BCUT2D eigenvalue weighted by atomic mass is 16.5. The Balaban J connectivity index is 2.03. The molecule has 0 N–H and O–H groups in total. The van der Waals surface area contributed by atoms with E-state index in [9.17, 15) is 4.79 Å². The van der Waals surface area contributed by atoms with Crippen molar-refractivity contribution in [1.82, 2.24) is 0 Å². The Morgan fingerprint density at radius 3 is 2.77 bits per heavy atom. The van der Waals surface area contributed by atoms with Crippen molar-refractivity contribution in [3.8, 4) is 11.5 Å². The predicted molar refractivity (Wildman–Crippen MR) is 105 cm³/mol. The van der Waals surface area contributed by atoms with E-state index in [2.05, 4.69) is 39.8 Å². The van der Waals surface area contributed by atoms with Gasteiger partial charge in [-0.2, -0.15) is 0 Å². The zero-order valence-electron chi connectivity index (χ0n) is 17.1. The third-order valence-corrected chi connectivity index (χ3v) is 6.25. The van der Waals surface area contributed by atoms with Gasteiger partial charge in [-0.3, -0.25) is 4.79 Å². The molecule has 2 aliphatic rings. The van der Waals surface area contributed by atoms with Crippen LogP contribution in [-0.2, 0) is 11.2 Å². The normalized spacial score (nSPS) is 27.0. The lowest BCUT2D eigenvalue weighted by molar-refractivity contribution is -0.132. The van der Waals surface area contributed by atoms with Crippen LogP contribution in [0, 0.1) is 11.8 Å². The fourth-order valence-electron chi connectivity index (χ4n) is 4.93. The molecular weight excluding hydrogens is 324 g/mol. The molecule has 3 nitrogen and oxygen atoms in total. The van der Waals surface area contributed by atoms with Gasteiger partial charge in [0, 0.05) is 12.5 Å². The molecule has 0 saturated heterocycles. The first kappa shape index (κ1) is 19.3. The number of esters is 1. The molecule has 0 spiro atoms. The summed E-state index contributed by atoms with van der Waals surface area (Å²) in [5, 5.41) is 0. The van der Waals surface area contributed by atoms with Gasteiger partial charge in [-0.25, -0.2) is 0 Å². The first-order valence-corrected chi connectivity index (χ1v) is 10.4. The molecule has 1 fully saturated rings. The minimum absolute atomic E-state index is 0.0847. The van der Waals surface area contributed by atoms with Crippen LogP contribution >= 0.6 is 0 Å². The van der Waals surface area contributed by atoms with Crippen molar-refractivity contribution in [2.24, 2.45) is 11.8 Å². The quantitative estimate of drug-likeness (QED) is 0.353. The van der Waals surface area contributed by atoms with Gasteiger partial charge in [0.25, 0.3) is 0 Å². The van der Waals surface area contributed by atoms with Gasteiger partial charge in [-0.1, -0.05) is 33.6 Å². The van der Waals surface area contributed by atoms with Gasteiger partial charge >= 0.3 is 5.97 Å². The lowest BCUT2D eigenvalue weighted by Gasteiger charge is -2.49. The lowest BCUT2D eigenvalue weighted by atomic mass is 9.64. The molecular formula is C23H34O3. The molecule has 2 bridgehead atoms. The molecule has 1 aliphatic carbocycles. The second kappa shape index (κ2) is 7.62. The minimum atomic E-state index is -0.247. The second-order valence-corrected chi connectivity index (χ2v) is 8.87. The number of benzene rings is 1. The number of aryl methyl sites for hydroxylation is 1. The largest absolute Gasteiger partial charge is 0.487 e. The van der Waals surface area contributed by atoms with Crippen molar-refractivity contribution in [2.45, 2.75) is 91.1 Å². The number of carbonyl (C=O) groups excluding carboxylic acids is 1. The number of rotatable bonds is 6. The number of hydrogen-bond donors (Lipinski definition) is 0. The fourth-order valence-corrected chi connectivity index (χ4v) is 4.93. The predicted octanol–water partition coefficient (Wildman–Crippen LogP) is 6.04. The van der Waals surface area contributed by atoms with Crippen LogP contribution in [0.4, 0.5) is 0 Å². The second-order valence-electron chi connectivity index (χ2n) is 8.87. The van der Waals surface area contributed by atoms with Gasteiger partial charge in [0.05, 0.1) is 0 Å². The highest BCUT2D eigenvalue weighted by Crippen LogP contribution is 2.56. The van der Waals surface area contributed by atoms with Crippen LogP contribution in [0.25, 0.3) is 0 Å². The molecule has 0 radical (unpaired) electrons. The van der Waals surface area contributed by atoms with Crippen molar-refractivity contribution in [3.05, 3.63) is 23.3 Å². The Kier molecular flexibility index (Phi) is 5.64. The molecule has 0 amide bonds. The van der Waals surface area contributed by atoms with Crippen molar-refractivity contribution in [2.75, 3.05) is 0 Å². The number of hydrogen-bond acceptors (Lipinski definition) is 3. The van der Waals surface area contributed by atoms with Crippen LogP contribution < -0.4 is 9.47 Å². The van der Waals surface area contributed by atoms with Crippen molar-refractivity contribution >= 4 is 5.97 Å². The van der Waals surface area contributed by atoms with E-state index < -0.39 is 0 Å². The summed E-state index contributed by atoms with van der Waals surface area (Å²) >= 11 is 0. The Morgan fingerprint density at radius 2 is 2.12 bits per heavy atom.